The number of hydrogen-bond acceptors (Lipinski definition) is 8. The highest BCUT2D eigenvalue weighted by atomic mass is 32.2. The van der Waals surface area contributed by atoms with Crippen LogP contribution in [0.1, 0.15) is 43.2 Å². The van der Waals surface area contributed by atoms with Crippen molar-refractivity contribution in [2.45, 2.75) is 68.5 Å². The van der Waals surface area contributed by atoms with Crippen LogP contribution >= 0.6 is 0 Å². The first-order valence-electron chi connectivity index (χ1n) is 12.1. The molecule has 1 amide bonds. The van der Waals surface area contributed by atoms with E-state index in [4.69, 9.17) is 4.84 Å². The normalized spacial score (nSPS) is 23.1. The Bertz CT molecular complexity index is 1230. The minimum absolute atomic E-state index is 0.00802. The van der Waals surface area contributed by atoms with Gasteiger partial charge in [0, 0.05) is 25.4 Å². The number of hydrogen-bond donors (Lipinski definition) is 5. The van der Waals surface area contributed by atoms with Crippen LogP contribution in [0.4, 0.5) is 5.95 Å². The van der Waals surface area contributed by atoms with Crippen LogP contribution < -0.4 is 15.4 Å². The topological polar surface area (TPSA) is 175 Å². The van der Waals surface area contributed by atoms with Crippen molar-refractivity contribution in [3.05, 3.63) is 41.7 Å². The van der Waals surface area contributed by atoms with Crippen molar-refractivity contribution in [3.63, 3.8) is 0 Å². The minimum Gasteiger partial charge on any atom is -0.480 e. The Labute approximate surface area is 215 Å². The van der Waals surface area contributed by atoms with Gasteiger partial charge in [0.2, 0.25) is 16.4 Å². The molecule has 1 aromatic heterocycles. The predicted molar refractivity (Wildman–Crippen MR) is 136 cm³/mol. The number of nitrogens with zero attached hydrogens (tertiary/aromatic N) is 2. The molecule has 2 heterocycles. The Morgan fingerprint density at radius 2 is 2.00 bits per heavy atom. The third kappa shape index (κ3) is 5.93. The molecule has 200 valence electrons. The highest BCUT2D eigenvalue weighted by Crippen LogP contribution is 2.41. The Kier molecular flexibility index (Phi) is 7.83. The fourth-order valence-corrected chi connectivity index (χ4v) is 6.84. The molecule has 2 aliphatic rings. The van der Waals surface area contributed by atoms with Crippen molar-refractivity contribution in [2.24, 2.45) is 11.1 Å². The molecule has 1 aliphatic carbocycles. The summed E-state index contributed by atoms with van der Waals surface area (Å²) in [4.78, 5) is 36.7. The van der Waals surface area contributed by atoms with Gasteiger partial charge in [-0.15, -0.1) is 0 Å². The monoisotopic (exact) mass is 532 g/mol. The molecule has 0 radical (unpaired) electrons. The van der Waals surface area contributed by atoms with Gasteiger partial charge in [0.25, 0.3) is 0 Å². The van der Waals surface area contributed by atoms with Crippen LogP contribution in [0.5, 0.6) is 0 Å². The second-order valence-corrected chi connectivity index (χ2v) is 11.4. The first-order valence-corrected chi connectivity index (χ1v) is 13.6. The van der Waals surface area contributed by atoms with E-state index in [1.165, 1.54) is 0 Å². The number of carbonyl (C=O) groups is 2. The second kappa shape index (κ2) is 10.9. The Morgan fingerprint density at radius 3 is 2.59 bits per heavy atom. The highest BCUT2D eigenvalue weighted by Gasteiger charge is 2.47. The maximum atomic E-state index is 13.2. The molecule has 0 bridgehead atoms. The first-order chi connectivity index (χ1) is 17.6. The summed E-state index contributed by atoms with van der Waals surface area (Å²) in [5.74, 6) is -0.317. The number of sulfonamides is 1. The van der Waals surface area contributed by atoms with Crippen molar-refractivity contribution in [2.75, 3.05) is 11.9 Å². The smallest absolute Gasteiger partial charge is 0.324 e. The Morgan fingerprint density at radius 1 is 1.30 bits per heavy atom. The maximum Gasteiger partial charge on any atom is 0.324 e. The van der Waals surface area contributed by atoms with Crippen molar-refractivity contribution < 1.29 is 28.0 Å². The number of carboxylic acid groups (broad SMARTS) is 1. The van der Waals surface area contributed by atoms with Gasteiger partial charge in [-0.05, 0) is 56.6 Å². The largest absolute Gasteiger partial charge is 0.480 e. The van der Waals surface area contributed by atoms with E-state index in [9.17, 15) is 23.1 Å². The number of aromatic nitrogens is 2. The molecule has 5 N–H and O–H groups in total. The number of rotatable bonds is 11. The molecule has 37 heavy (non-hydrogen) atoms. The van der Waals surface area contributed by atoms with Crippen molar-refractivity contribution in [1.29, 1.82) is 0 Å². The van der Waals surface area contributed by atoms with Crippen LogP contribution in [0.15, 0.2) is 40.6 Å². The van der Waals surface area contributed by atoms with E-state index in [0.29, 0.717) is 48.7 Å². The zero-order valence-corrected chi connectivity index (χ0v) is 21.5. The molecule has 1 aliphatic heterocycles. The number of aryl methyl sites for hydroxylation is 2. The average Bonchev–Trinajstić information content (AvgIpc) is 3.51. The summed E-state index contributed by atoms with van der Waals surface area (Å²) in [7, 11) is -4.22. The lowest BCUT2D eigenvalue weighted by molar-refractivity contribution is -0.139. The molecule has 1 unspecified atom stereocenters. The number of oxime groups is 1. The summed E-state index contributed by atoms with van der Waals surface area (Å²) in [6.07, 6.45) is 7.20. The lowest BCUT2D eigenvalue weighted by atomic mass is 9.75. The molecule has 1 saturated carbocycles. The van der Waals surface area contributed by atoms with Gasteiger partial charge >= 0.3 is 5.97 Å². The number of amides is 1. The number of nitrogens with one attached hydrogen (secondary N) is 4. The highest BCUT2D eigenvalue weighted by molar-refractivity contribution is 7.89. The summed E-state index contributed by atoms with van der Waals surface area (Å²) in [5, 5.41) is 19.8. The van der Waals surface area contributed by atoms with E-state index < -0.39 is 33.7 Å². The summed E-state index contributed by atoms with van der Waals surface area (Å²) < 4.78 is 28.7. The summed E-state index contributed by atoms with van der Waals surface area (Å²) in [5.41, 5.74) is 0.648. The van der Waals surface area contributed by atoms with Crippen LogP contribution in [0.25, 0.3) is 0 Å². The number of carboxylic acids is 1. The third-order valence-corrected chi connectivity index (χ3v) is 8.84. The number of H-pyrrole nitrogens is 1. The van der Waals surface area contributed by atoms with E-state index in [2.05, 4.69) is 30.5 Å². The SMILES string of the molecule is Cc1cccc(C)c1S(=O)(=O)N[C@H](C(=O)O)C(NC=O)C1=NOC2(CCC(CNc3ncc[nH]3)CC2)C1. The van der Waals surface area contributed by atoms with Crippen molar-refractivity contribution >= 4 is 34.1 Å². The molecular formula is C24H32N6O6S. The van der Waals surface area contributed by atoms with Crippen LogP contribution in [0.3, 0.4) is 0 Å². The van der Waals surface area contributed by atoms with E-state index in [0.717, 1.165) is 19.4 Å². The van der Waals surface area contributed by atoms with E-state index in [1.807, 2.05) is 0 Å². The standard InChI is InChI=1S/C24H32N6O6S/c1-15-4-3-5-16(2)21(15)37(34,35)30-20(22(32)33)19(28-14-31)18-12-24(36-29-18)8-6-17(7-9-24)13-27-23-25-10-11-26-23/h3-5,10-11,14,17,19-20,30H,6-9,12-13H2,1-2H3,(H,28,31)(H,32,33)(H2,25,26,27)/t17?,19?,20-,24?/m0/s1. The maximum absolute atomic E-state index is 13.2. The number of imidazole rings is 1. The van der Waals surface area contributed by atoms with Crippen LogP contribution in [0.2, 0.25) is 0 Å². The summed E-state index contributed by atoms with van der Waals surface area (Å²) in [6, 6.07) is 2.10. The summed E-state index contributed by atoms with van der Waals surface area (Å²) >= 11 is 0. The molecule has 2 atom stereocenters. The minimum atomic E-state index is -4.22. The van der Waals surface area contributed by atoms with E-state index >= 15 is 0 Å². The molecule has 1 spiro atoms. The molecule has 12 nitrogen and oxygen atoms in total. The molecule has 13 heteroatoms. The second-order valence-electron chi connectivity index (χ2n) is 9.72. The number of anilines is 1. The average molecular weight is 533 g/mol. The van der Waals surface area contributed by atoms with Crippen molar-refractivity contribution in [1.82, 2.24) is 20.0 Å². The number of aromatic amines is 1. The molecule has 2 aromatic rings. The molecule has 0 saturated heterocycles. The van der Waals surface area contributed by atoms with Crippen LogP contribution in [-0.4, -0.2) is 65.8 Å². The van der Waals surface area contributed by atoms with Gasteiger partial charge in [-0.25, -0.2) is 13.4 Å². The van der Waals surface area contributed by atoms with Gasteiger partial charge in [-0.3, -0.25) is 9.59 Å². The fourth-order valence-electron chi connectivity index (χ4n) is 5.16. The lowest BCUT2D eigenvalue weighted by Crippen LogP contribution is -2.57. The summed E-state index contributed by atoms with van der Waals surface area (Å²) in [6.45, 7) is 4.03. The molecule has 4 rings (SSSR count). The van der Waals surface area contributed by atoms with Gasteiger partial charge in [0.05, 0.1) is 16.6 Å². The van der Waals surface area contributed by atoms with E-state index in [1.54, 1.807) is 44.4 Å². The molecule has 1 aromatic carbocycles. The first kappa shape index (κ1) is 26.6. The quantitative estimate of drug-likeness (QED) is 0.272. The van der Waals surface area contributed by atoms with Crippen LogP contribution in [-0.2, 0) is 24.4 Å². The zero-order valence-electron chi connectivity index (χ0n) is 20.7. The number of aliphatic carboxylic acids is 1. The Balaban J connectivity index is 1.45. The van der Waals surface area contributed by atoms with Gasteiger partial charge in [0.15, 0.2) is 5.95 Å². The van der Waals surface area contributed by atoms with E-state index in [-0.39, 0.29) is 10.6 Å². The fraction of sp³-hybridized carbons (Fsp3) is 0.500. The number of carbonyl (C=O) groups excluding carboxylic acids is 1. The number of benzene rings is 1. The molecule has 1 fully saturated rings. The molecular weight excluding hydrogens is 500 g/mol. The lowest BCUT2D eigenvalue weighted by Gasteiger charge is -2.35. The van der Waals surface area contributed by atoms with Gasteiger partial charge in [0.1, 0.15) is 11.6 Å². The van der Waals surface area contributed by atoms with Gasteiger partial charge in [-0.2, -0.15) is 4.72 Å². The Hall–Kier alpha value is -3.45. The van der Waals surface area contributed by atoms with Crippen molar-refractivity contribution in [3.8, 4) is 0 Å². The van der Waals surface area contributed by atoms with Crippen LogP contribution in [0, 0.1) is 19.8 Å². The zero-order chi connectivity index (χ0) is 26.6. The van der Waals surface area contributed by atoms with Gasteiger partial charge < -0.3 is 25.6 Å². The third-order valence-electron chi connectivity index (χ3n) is 7.10. The van der Waals surface area contributed by atoms with Gasteiger partial charge in [-0.1, -0.05) is 23.4 Å². The predicted octanol–water partition coefficient (Wildman–Crippen LogP) is 1.69.